The van der Waals surface area contributed by atoms with Crippen LogP contribution in [0.15, 0.2) is 42.5 Å². The van der Waals surface area contributed by atoms with Crippen LogP contribution >= 0.6 is 0 Å². The number of carbonyl (C=O) groups is 1. The Balaban J connectivity index is 2.06. The topological polar surface area (TPSA) is 95.5 Å². The smallest absolute Gasteiger partial charge is 0.255 e. The lowest BCUT2D eigenvalue weighted by atomic mass is 10.1. The van der Waals surface area contributed by atoms with Crippen LogP contribution in [-0.2, 0) is 16.6 Å². The van der Waals surface area contributed by atoms with Crippen LogP contribution in [0, 0.1) is 6.92 Å². The molecule has 0 aliphatic rings. The van der Waals surface area contributed by atoms with E-state index in [9.17, 15) is 18.3 Å². The van der Waals surface area contributed by atoms with E-state index >= 15 is 0 Å². The minimum absolute atomic E-state index is 0.00828. The molecule has 2 aromatic rings. The number of carbonyl (C=O) groups excluding carboxylic acids is 1. The van der Waals surface area contributed by atoms with E-state index in [0.717, 1.165) is 11.1 Å². The van der Waals surface area contributed by atoms with E-state index in [1.165, 1.54) is 6.07 Å². The fourth-order valence-electron chi connectivity index (χ4n) is 2.07. The second-order valence-electron chi connectivity index (χ2n) is 5.34. The van der Waals surface area contributed by atoms with Gasteiger partial charge in [0, 0.05) is 12.1 Å². The second kappa shape index (κ2) is 7.46. The van der Waals surface area contributed by atoms with Gasteiger partial charge in [0.1, 0.15) is 5.75 Å². The zero-order valence-electron chi connectivity index (χ0n) is 13.5. The van der Waals surface area contributed by atoms with Gasteiger partial charge in [-0.15, -0.1) is 0 Å². The lowest BCUT2D eigenvalue weighted by Gasteiger charge is -2.10. The monoisotopic (exact) mass is 348 g/mol. The van der Waals surface area contributed by atoms with E-state index in [1.54, 1.807) is 50.2 Å². The SMILES string of the molecule is CCS(=O)(=O)NCc1ccc(C(=O)Nc2c(C)cccc2O)cc1. The molecule has 24 heavy (non-hydrogen) atoms. The quantitative estimate of drug-likeness (QED) is 0.699. The summed E-state index contributed by atoms with van der Waals surface area (Å²) in [6.07, 6.45) is 0. The number of nitrogens with one attached hydrogen (secondary N) is 2. The van der Waals surface area contributed by atoms with Crippen LogP contribution in [0.1, 0.15) is 28.4 Å². The third-order valence-electron chi connectivity index (χ3n) is 3.58. The average Bonchev–Trinajstić information content (AvgIpc) is 2.57. The van der Waals surface area contributed by atoms with Crippen molar-refractivity contribution in [2.75, 3.05) is 11.1 Å². The summed E-state index contributed by atoms with van der Waals surface area (Å²) in [4.78, 5) is 12.3. The van der Waals surface area contributed by atoms with Gasteiger partial charge in [-0.25, -0.2) is 13.1 Å². The Hall–Kier alpha value is -2.38. The largest absolute Gasteiger partial charge is 0.506 e. The van der Waals surface area contributed by atoms with Gasteiger partial charge >= 0.3 is 0 Å². The molecule has 0 atom stereocenters. The Labute approximate surface area is 141 Å². The normalized spacial score (nSPS) is 11.2. The molecule has 0 unspecified atom stereocenters. The van der Waals surface area contributed by atoms with E-state index in [0.29, 0.717) is 11.3 Å². The summed E-state index contributed by atoms with van der Waals surface area (Å²) >= 11 is 0. The Morgan fingerprint density at radius 1 is 1.12 bits per heavy atom. The van der Waals surface area contributed by atoms with Crippen molar-refractivity contribution in [2.45, 2.75) is 20.4 Å². The van der Waals surface area contributed by atoms with Crippen LogP contribution in [0.25, 0.3) is 0 Å². The summed E-state index contributed by atoms with van der Waals surface area (Å²) in [5, 5.41) is 12.5. The molecule has 0 aromatic heterocycles. The van der Waals surface area contributed by atoms with Gasteiger partial charge in [0.05, 0.1) is 11.4 Å². The first kappa shape index (κ1) is 18.0. The molecule has 0 aliphatic carbocycles. The molecule has 2 aromatic carbocycles. The number of amides is 1. The summed E-state index contributed by atoms with van der Waals surface area (Å²) in [6.45, 7) is 3.53. The second-order valence-corrected chi connectivity index (χ2v) is 7.44. The lowest BCUT2D eigenvalue weighted by Crippen LogP contribution is -2.24. The van der Waals surface area contributed by atoms with E-state index in [4.69, 9.17) is 0 Å². The molecular formula is C17H20N2O4S. The number of hydrogen-bond acceptors (Lipinski definition) is 4. The Morgan fingerprint density at radius 3 is 2.38 bits per heavy atom. The molecule has 0 bridgehead atoms. The highest BCUT2D eigenvalue weighted by molar-refractivity contribution is 7.89. The number of benzene rings is 2. The molecule has 128 valence electrons. The van der Waals surface area contributed by atoms with Crippen LogP contribution < -0.4 is 10.0 Å². The Bertz CT molecular complexity index is 810. The number of anilines is 1. The molecule has 1 amide bonds. The standard InChI is InChI=1S/C17H20N2O4S/c1-3-24(22,23)18-11-13-7-9-14(10-8-13)17(21)19-16-12(2)5-4-6-15(16)20/h4-10,18,20H,3,11H2,1-2H3,(H,19,21). The minimum atomic E-state index is -3.25. The van der Waals surface area contributed by atoms with Crippen molar-refractivity contribution in [3.8, 4) is 5.75 Å². The van der Waals surface area contributed by atoms with Crippen molar-refractivity contribution in [1.82, 2.24) is 4.72 Å². The molecule has 7 heteroatoms. The number of rotatable bonds is 6. The van der Waals surface area contributed by atoms with Gasteiger partial charge in [-0.3, -0.25) is 4.79 Å². The first-order valence-corrected chi connectivity index (χ1v) is 9.14. The molecule has 0 aliphatic heterocycles. The first-order valence-electron chi connectivity index (χ1n) is 7.48. The van der Waals surface area contributed by atoms with Crippen LogP contribution in [0.2, 0.25) is 0 Å². The van der Waals surface area contributed by atoms with Crippen LogP contribution in [0.5, 0.6) is 5.75 Å². The third kappa shape index (κ3) is 4.56. The summed E-state index contributed by atoms with van der Waals surface area (Å²) in [6, 6.07) is 11.6. The van der Waals surface area contributed by atoms with Crippen molar-refractivity contribution >= 4 is 21.6 Å². The molecular weight excluding hydrogens is 328 g/mol. The van der Waals surface area contributed by atoms with Crippen molar-refractivity contribution in [3.05, 3.63) is 59.2 Å². The zero-order chi connectivity index (χ0) is 17.7. The maximum atomic E-state index is 12.3. The van der Waals surface area contributed by atoms with Crippen LogP contribution in [0.4, 0.5) is 5.69 Å². The highest BCUT2D eigenvalue weighted by Gasteiger charge is 2.11. The number of sulfonamides is 1. The molecule has 6 nitrogen and oxygen atoms in total. The van der Waals surface area contributed by atoms with Gasteiger partial charge in [0.25, 0.3) is 5.91 Å². The van der Waals surface area contributed by atoms with Gasteiger partial charge in [0.15, 0.2) is 0 Å². The number of phenols is 1. The van der Waals surface area contributed by atoms with Gasteiger partial charge in [-0.1, -0.05) is 24.3 Å². The molecule has 0 fully saturated rings. The Morgan fingerprint density at radius 2 is 1.79 bits per heavy atom. The first-order chi connectivity index (χ1) is 11.3. The summed E-state index contributed by atoms with van der Waals surface area (Å²) in [5.41, 5.74) is 2.30. The molecule has 3 N–H and O–H groups in total. The summed E-state index contributed by atoms with van der Waals surface area (Å²) < 4.78 is 25.3. The Kier molecular flexibility index (Phi) is 5.58. The van der Waals surface area contributed by atoms with Gasteiger partial charge in [-0.05, 0) is 43.2 Å². The number of aryl methyl sites for hydroxylation is 1. The number of hydrogen-bond donors (Lipinski definition) is 3. The van der Waals surface area contributed by atoms with E-state index in [1.807, 2.05) is 0 Å². The summed E-state index contributed by atoms with van der Waals surface area (Å²) in [5.74, 6) is -0.317. The molecule has 0 radical (unpaired) electrons. The van der Waals surface area contributed by atoms with Gasteiger partial charge < -0.3 is 10.4 Å². The van der Waals surface area contributed by atoms with E-state index in [-0.39, 0.29) is 24.0 Å². The van der Waals surface area contributed by atoms with Gasteiger partial charge in [0.2, 0.25) is 10.0 Å². The molecule has 0 spiro atoms. The average molecular weight is 348 g/mol. The van der Waals surface area contributed by atoms with Crippen molar-refractivity contribution in [3.63, 3.8) is 0 Å². The molecule has 2 rings (SSSR count). The van der Waals surface area contributed by atoms with E-state index < -0.39 is 10.0 Å². The predicted octanol–water partition coefficient (Wildman–Crippen LogP) is 2.39. The highest BCUT2D eigenvalue weighted by atomic mass is 32.2. The number of aromatic hydroxyl groups is 1. The maximum absolute atomic E-state index is 12.3. The predicted molar refractivity (Wildman–Crippen MR) is 93.5 cm³/mol. The van der Waals surface area contributed by atoms with Crippen LogP contribution in [0.3, 0.4) is 0 Å². The lowest BCUT2D eigenvalue weighted by molar-refractivity contribution is 0.102. The molecule has 0 saturated carbocycles. The maximum Gasteiger partial charge on any atom is 0.255 e. The van der Waals surface area contributed by atoms with Gasteiger partial charge in [-0.2, -0.15) is 0 Å². The molecule has 0 heterocycles. The minimum Gasteiger partial charge on any atom is -0.506 e. The highest BCUT2D eigenvalue weighted by Crippen LogP contribution is 2.26. The van der Waals surface area contributed by atoms with Crippen molar-refractivity contribution in [1.29, 1.82) is 0 Å². The number of phenolic OH excluding ortho intramolecular Hbond substituents is 1. The third-order valence-corrected chi connectivity index (χ3v) is 4.93. The van der Waals surface area contributed by atoms with Crippen molar-refractivity contribution < 1.29 is 18.3 Å². The zero-order valence-corrected chi connectivity index (χ0v) is 14.4. The number of para-hydroxylation sites is 1. The fraction of sp³-hybridized carbons (Fsp3) is 0.235. The van der Waals surface area contributed by atoms with Crippen molar-refractivity contribution in [2.24, 2.45) is 0 Å². The molecule has 0 saturated heterocycles. The fourth-order valence-corrected chi connectivity index (χ4v) is 2.66. The van der Waals surface area contributed by atoms with E-state index in [2.05, 4.69) is 10.0 Å². The summed E-state index contributed by atoms with van der Waals surface area (Å²) in [7, 11) is -3.25. The van der Waals surface area contributed by atoms with Crippen LogP contribution in [-0.4, -0.2) is 25.2 Å².